The third-order valence-electron chi connectivity index (χ3n) is 3.51. The van der Waals surface area contributed by atoms with Crippen molar-refractivity contribution >= 4 is 22.8 Å². The van der Waals surface area contributed by atoms with E-state index in [4.69, 9.17) is 4.74 Å². The van der Waals surface area contributed by atoms with Crippen LogP contribution in [0.3, 0.4) is 0 Å². The van der Waals surface area contributed by atoms with Gasteiger partial charge in [-0.1, -0.05) is 32.0 Å². The fraction of sp³-hybridized carbons (Fsp3) is 0.412. The lowest BCUT2D eigenvalue weighted by Crippen LogP contribution is -2.43. The van der Waals surface area contributed by atoms with E-state index < -0.39 is 12.0 Å². The van der Waals surface area contributed by atoms with Crippen molar-refractivity contribution in [3.63, 3.8) is 0 Å². The molecule has 2 aromatic rings. The summed E-state index contributed by atoms with van der Waals surface area (Å²) in [7, 11) is 1.33. The monoisotopic (exact) mass is 302 g/mol. The van der Waals surface area contributed by atoms with E-state index in [0.29, 0.717) is 12.8 Å². The van der Waals surface area contributed by atoms with E-state index in [1.54, 1.807) is 0 Å². The molecule has 0 fully saturated rings. The third kappa shape index (κ3) is 3.87. The second-order valence-electron chi connectivity index (χ2n) is 5.80. The molecule has 2 N–H and O–H groups in total. The number of H-pyrrole nitrogens is 1. The number of rotatable bonds is 6. The zero-order valence-electron chi connectivity index (χ0n) is 13.2. The Balaban J connectivity index is 2.16. The van der Waals surface area contributed by atoms with E-state index >= 15 is 0 Å². The number of hydrogen-bond donors (Lipinski definition) is 2. The van der Waals surface area contributed by atoms with Gasteiger partial charge < -0.3 is 15.0 Å². The van der Waals surface area contributed by atoms with Crippen molar-refractivity contribution in [3.05, 3.63) is 36.0 Å². The van der Waals surface area contributed by atoms with Crippen LogP contribution < -0.4 is 5.32 Å². The Labute approximate surface area is 130 Å². The molecule has 0 aliphatic heterocycles. The van der Waals surface area contributed by atoms with E-state index in [0.717, 1.165) is 16.5 Å². The van der Waals surface area contributed by atoms with Gasteiger partial charge in [-0.3, -0.25) is 4.79 Å². The van der Waals surface area contributed by atoms with Crippen LogP contribution in [0.15, 0.2) is 30.5 Å². The average Bonchev–Trinajstić information content (AvgIpc) is 2.88. The molecular formula is C17H22N2O3. The summed E-state index contributed by atoms with van der Waals surface area (Å²) in [6.45, 7) is 3.93. The number of carbonyl (C=O) groups excluding carboxylic acids is 2. The highest BCUT2D eigenvalue weighted by Gasteiger charge is 2.23. The van der Waals surface area contributed by atoms with Crippen molar-refractivity contribution in [2.24, 2.45) is 5.92 Å². The highest BCUT2D eigenvalue weighted by atomic mass is 16.5. The van der Waals surface area contributed by atoms with Crippen molar-refractivity contribution in [3.8, 4) is 0 Å². The molecule has 5 nitrogen and oxygen atoms in total. The van der Waals surface area contributed by atoms with Crippen molar-refractivity contribution in [1.29, 1.82) is 0 Å². The smallest absolute Gasteiger partial charge is 0.328 e. The average molecular weight is 302 g/mol. The number of aromatic amines is 1. The molecule has 0 bridgehead atoms. The number of ether oxygens (including phenoxy) is 1. The molecule has 1 unspecified atom stereocenters. The number of methoxy groups -OCH3 is 1. The Bertz CT molecular complexity index is 661. The zero-order valence-corrected chi connectivity index (χ0v) is 13.2. The first-order valence-corrected chi connectivity index (χ1v) is 7.43. The Morgan fingerprint density at radius 2 is 2.00 bits per heavy atom. The summed E-state index contributed by atoms with van der Waals surface area (Å²) in [5, 5.41) is 3.83. The Morgan fingerprint density at radius 1 is 1.27 bits per heavy atom. The number of aromatic nitrogens is 1. The first kappa shape index (κ1) is 16.1. The third-order valence-corrected chi connectivity index (χ3v) is 3.51. The second-order valence-corrected chi connectivity index (χ2v) is 5.80. The largest absolute Gasteiger partial charge is 0.467 e. The summed E-state index contributed by atoms with van der Waals surface area (Å²) < 4.78 is 4.82. The lowest BCUT2D eigenvalue weighted by molar-refractivity contribution is -0.145. The summed E-state index contributed by atoms with van der Waals surface area (Å²) in [6.07, 6.45) is 2.66. The Kier molecular flexibility index (Phi) is 5.20. The number of carbonyl (C=O) groups is 2. The van der Waals surface area contributed by atoms with Crippen LogP contribution in [0.4, 0.5) is 0 Å². The normalized spacial score (nSPS) is 12.4. The van der Waals surface area contributed by atoms with Crippen molar-refractivity contribution in [1.82, 2.24) is 10.3 Å². The highest BCUT2D eigenvalue weighted by molar-refractivity contribution is 5.87. The van der Waals surface area contributed by atoms with Crippen LogP contribution in [-0.2, 0) is 20.7 Å². The van der Waals surface area contributed by atoms with E-state index in [1.807, 2.05) is 44.3 Å². The van der Waals surface area contributed by atoms with Gasteiger partial charge in [-0.2, -0.15) is 0 Å². The van der Waals surface area contributed by atoms with Crippen LogP contribution in [0.25, 0.3) is 10.9 Å². The van der Waals surface area contributed by atoms with Gasteiger partial charge in [0, 0.05) is 29.9 Å². The molecule has 1 atom stereocenters. The SMILES string of the molecule is COC(=O)C(Cc1c[nH]c2ccccc12)NC(=O)CC(C)C. The lowest BCUT2D eigenvalue weighted by Gasteiger charge is -2.17. The van der Waals surface area contributed by atoms with Crippen LogP contribution in [-0.4, -0.2) is 30.0 Å². The quantitative estimate of drug-likeness (QED) is 0.805. The van der Waals surface area contributed by atoms with Gasteiger partial charge in [-0.25, -0.2) is 4.79 Å². The Morgan fingerprint density at radius 3 is 2.68 bits per heavy atom. The standard InChI is InChI=1S/C17H22N2O3/c1-11(2)8-16(20)19-15(17(21)22-3)9-12-10-18-14-7-5-4-6-13(12)14/h4-7,10-11,15,18H,8-9H2,1-3H3,(H,19,20). The molecule has 22 heavy (non-hydrogen) atoms. The minimum atomic E-state index is -0.671. The molecule has 1 heterocycles. The van der Waals surface area contributed by atoms with Crippen LogP contribution in [0.1, 0.15) is 25.8 Å². The molecule has 0 spiro atoms. The van der Waals surface area contributed by atoms with E-state index in [9.17, 15) is 9.59 Å². The molecule has 0 aliphatic carbocycles. The number of esters is 1. The van der Waals surface area contributed by atoms with Crippen LogP contribution >= 0.6 is 0 Å². The van der Waals surface area contributed by atoms with Gasteiger partial charge in [0.2, 0.25) is 5.91 Å². The summed E-state index contributed by atoms with van der Waals surface area (Å²) in [6, 6.07) is 7.19. The van der Waals surface area contributed by atoms with Crippen molar-refractivity contribution < 1.29 is 14.3 Å². The molecule has 1 aromatic carbocycles. The van der Waals surface area contributed by atoms with Gasteiger partial charge in [0.25, 0.3) is 0 Å². The number of benzene rings is 1. The van der Waals surface area contributed by atoms with Gasteiger partial charge in [0.1, 0.15) is 6.04 Å². The molecule has 1 aromatic heterocycles. The fourth-order valence-corrected chi connectivity index (χ4v) is 2.48. The van der Waals surface area contributed by atoms with Crippen molar-refractivity contribution in [2.45, 2.75) is 32.7 Å². The van der Waals surface area contributed by atoms with E-state index in [-0.39, 0.29) is 11.8 Å². The van der Waals surface area contributed by atoms with Gasteiger partial charge in [-0.05, 0) is 17.5 Å². The summed E-state index contributed by atoms with van der Waals surface area (Å²) in [4.78, 5) is 27.1. The lowest BCUT2D eigenvalue weighted by atomic mass is 10.0. The summed E-state index contributed by atoms with van der Waals surface area (Å²) in [5.41, 5.74) is 1.99. The molecular weight excluding hydrogens is 280 g/mol. The zero-order chi connectivity index (χ0) is 16.1. The molecule has 118 valence electrons. The second kappa shape index (κ2) is 7.11. The van der Waals surface area contributed by atoms with Crippen LogP contribution in [0.5, 0.6) is 0 Å². The number of para-hydroxylation sites is 1. The molecule has 2 rings (SSSR count). The van der Waals surface area contributed by atoms with Crippen LogP contribution in [0.2, 0.25) is 0 Å². The van der Waals surface area contributed by atoms with E-state index in [1.165, 1.54) is 7.11 Å². The molecule has 0 aliphatic rings. The molecule has 1 amide bonds. The number of hydrogen-bond acceptors (Lipinski definition) is 3. The van der Waals surface area contributed by atoms with Gasteiger partial charge in [0.05, 0.1) is 7.11 Å². The molecule has 0 radical (unpaired) electrons. The van der Waals surface area contributed by atoms with Gasteiger partial charge in [-0.15, -0.1) is 0 Å². The van der Waals surface area contributed by atoms with Crippen molar-refractivity contribution in [2.75, 3.05) is 7.11 Å². The minimum absolute atomic E-state index is 0.134. The summed E-state index contributed by atoms with van der Waals surface area (Å²) >= 11 is 0. The van der Waals surface area contributed by atoms with Crippen LogP contribution in [0, 0.1) is 5.92 Å². The topological polar surface area (TPSA) is 71.2 Å². The predicted octanol–water partition coefficient (Wildman–Crippen LogP) is 2.41. The number of fused-ring (bicyclic) bond motifs is 1. The number of nitrogens with one attached hydrogen (secondary N) is 2. The fourth-order valence-electron chi connectivity index (χ4n) is 2.48. The van der Waals surface area contributed by atoms with Gasteiger partial charge >= 0.3 is 5.97 Å². The maximum Gasteiger partial charge on any atom is 0.328 e. The maximum absolute atomic E-state index is 11.9. The van der Waals surface area contributed by atoms with E-state index in [2.05, 4.69) is 10.3 Å². The maximum atomic E-state index is 11.9. The molecule has 5 heteroatoms. The Hall–Kier alpha value is -2.30. The highest BCUT2D eigenvalue weighted by Crippen LogP contribution is 2.19. The first-order valence-electron chi connectivity index (χ1n) is 7.43. The predicted molar refractivity (Wildman–Crippen MR) is 85.4 cm³/mol. The van der Waals surface area contributed by atoms with Gasteiger partial charge in [0.15, 0.2) is 0 Å². The molecule has 0 saturated carbocycles. The number of amides is 1. The molecule has 0 saturated heterocycles. The minimum Gasteiger partial charge on any atom is -0.467 e. The first-order chi connectivity index (χ1) is 10.5. The summed E-state index contributed by atoms with van der Waals surface area (Å²) in [5.74, 6) is -0.320.